The molecule has 2 aliphatic carbocycles. The molecule has 0 radical (unpaired) electrons. The number of fused-ring (bicyclic) bond motifs is 4. The topological polar surface area (TPSA) is 129 Å². The number of carbonyl (C=O) groups excluding carboxylic acids is 4. The van der Waals surface area contributed by atoms with Gasteiger partial charge in [0.25, 0.3) is 11.8 Å². The number of imide groups is 2. The number of allylic oxidation sites excluding steroid dienone is 2. The van der Waals surface area contributed by atoms with Crippen LogP contribution in [0.3, 0.4) is 0 Å². The normalized spacial score (nSPS) is 25.1. The van der Waals surface area contributed by atoms with Gasteiger partial charge in [0.15, 0.2) is 17.3 Å². The lowest BCUT2D eigenvalue weighted by molar-refractivity contribution is -0.143. The molecule has 10 nitrogen and oxygen atoms in total. The van der Waals surface area contributed by atoms with Crippen molar-refractivity contribution >= 4 is 58.3 Å². The number of alkyl halides is 9. The first-order chi connectivity index (χ1) is 29.0. The minimum atomic E-state index is -5.32. The van der Waals surface area contributed by atoms with Crippen LogP contribution in [0.15, 0.2) is 84.6 Å². The number of hydrogen-bond donors (Lipinski definition) is 2. The lowest BCUT2D eigenvalue weighted by Gasteiger charge is -2.50. The minimum Gasteiger partial charge on any atom is -0.504 e. The van der Waals surface area contributed by atoms with Gasteiger partial charge in [-0.3, -0.25) is 24.6 Å². The molecule has 8 rings (SSSR count). The summed E-state index contributed by atoms with van der Waals surface area (Å²) in [6.07, 6.45) is -14.3. The number of anilines is 2. The van der Waals surface area contributed by atoms with Gasteiger partial charge in [0.05, 0.1) is 57.7 Å². The summed E-state index contributed by atoms with van der Waals surface area (Å²) < 4.78 is 129. The fourth-order valence-corrected chi connectivity index (χ4v) is 9.70. The van der Waals surface area contributed by atoms with Crippen molar-refractivity contribution in [2.24, 2.45) is 23.7 Å². The number of halogens is 11. The molecule has 0 bridgehead atoms. The third-order valence-electron chi connectivity index (χ3n) is 11.9. The van der Waals surface area contributed by atoms with Crippen LogP contribution in [-0.4, -0.2) is 45.8 Å². The van der Waals surface area contributed by atoms with Crippen LogP contribution in [0.25, 0.3) is 0 Å². The number of aromatic hydroxyl groups is 1. The van der Waals surface area contributed by atoms with Crippen LogP contribution in [0, 0.1) is 23.7 Å². The Morgan fingerprint density at radius 2 is 1.42 bits per heavy atom. The molecule has 4 aromatic rings. The van der Waals surface area contributed by atoms with E-state index in [0.29, 0.717) is 17.3 Å². The fourth-order valence-electron chi connectivity index (χ4n) is 9.37. The van der Waals surface area contributed by atoms with Gasteiger partial charge in [-0.05, 0) is 78.4 Å². The molecule has 62 heavy (non-hydrogen) atoms. The summed E-state index contributed by atoms with van der Waals surface area (Å²) in [6.45, 7) is 0. The maximum atomic E-state index is 15.3. The molecule has 1 aromatic heterocycles. The number of hydrazine groups is 1. The van der Waals surface area contributed by atoms with Crippen molar-refractivity contribution in [3.05, 3.63) is 122 Å². The Balaban J connectivity index is 1.31. The average molecular weight is 914 g/mol. The van der Waals surface area contributed by atoms with E-state index in [-0.39, 0.29) is 57.0 Å². The zero-order valence-corrected chi connectivity index (χ0v) is 32.8. The number of ether oxygens (including phenoxy) is 1. The van der Waals surface area contributed by atoms with Crippen LogP contribution in [0.4, 0.5) is 51.0 Å². The van der Waals surface area contributed by atoms with Crippen molar-refractivity contribution in [3.63, 3.8) is 0 Å². The van der Waals surface area contributed by atoms with Gasteiger partial charge in [-0.25, -0.2) is 9.88 Å². The monoisotopic (exact) mass is 912 g/mol. The molecule has 21 heteroatoms. The molecule has 3 fully saturated rings. The van der Waals surface area contributed by atoms with Gasteiger partial charge in [-0.2, -0.15) is 44.5 Å². The van der Waals surface area contributed by atoms with Gasteiger partial charge < -0.3 is 9.84 Å². The lowest BCUT2D eigenvalue weighted by atomic mass is 9.49. The van der Waals surface area contributed by atoms with E-state index in [2.05, 4.69) is 10.4 Å². The first-order valence-electron chi connectivity index (χ1n) is 18.4. The summed E-state index contributed by atoms with van der Waals surface area (Å²) in [4.78, 5) is 62.7. The quantitative estimate of drug-likeness (QED) is 0.111. The number of benzene rings is 3. The van der Waals surface area contributed by atoms with E-state index in [4.69, 9.17) is 27.9 Å². The fraction of sp³-hybridized carbons (Fsp3) is 0.293. The van der Waals surface area contributed by atoms with Gasteiger partial charge >= 0.3 is 18.5 Å². The standard InChI is InChI=1S/C41H27Cl2F9N4O6/c1-62-30-9-2-17(10-29(30)57)32-24-7-8-25-31(36(60)55(34(25)58)23-12-19(39(44,45)46)11-20(13-23)40(47,48)49)26(24)15-27-35(59)56(37(61)38(27,32)18-3-5-22(42)6-4-18)54-33-28(43)14-21(16-53-33)41(50,51)52/h2-7,9-14,16,25-27,31-32,57H,8,15H2,1H3,(H,53,54)/t25-,26+,27-,31-,32-,38+/m0/s1. The second kappa shape index (κ2) is 14.6. The smallest absolute Gasteiger partial charge is 0.417 e. The van der Waals surface area contributed by atoms with Gasteiger partial charge in [0, 0.05) is 17.1 Å². The van der Waals surface area contributed by atoms with Gasteiger partial charge in [0.2, 0.25) is 11.8 Å². The Kier molecular flexibility index (Phi) is 10.1. The first kappa shape index (κ1) is 42.9. The molecule has 3 heterocycles. The number of nitrogens with one attached hydrogen (secondary N) is 1. The summed E-state index contributed by atoms with van der Waals surface area (Å²) in [5.74, 6) is -12.1. The highest BCUT2D eigenvalue weighted by Gasteiger charge is 2.70. The Morgan fingerprint density at radius 1 is 0.790 bits per heavy atom. The average Bonchev–Trinajstić information content (AvgIpc) is 3.58. The number of carbonyl (C=O) groups is 4. The molecular formula is C41H27Cl2F9N4O6. The molecule has 2 aliphatic heterocycles. The van der Waals surface area contributed by atoms with Crippen LogP contribution in [0.1, 0.15) is 46.6 Å². The zero-order valence-electron chi connectivity index (χ0n) is 31.3. The van der Waals surface area contributed by atoms with E-state index >= 15 is 4.79 Å². The Hall–Kier alpha value is -5.82. The molecule has 324 valence electrons. The van der Waals surface area contributed by atoms with E-state index < -0.39 is 123 Å². The predicted octanol–water partition coefficient (Wildman–Crippen LogP) is 9.35. The highest BCUT2D eigenvalue weighted by molar-refractivity contribution is 6.33. The number of nitrogens with zero attached hydrogens (tertiary/aromatic N) is 3. The van der Waals surface area contributed by atoms with Crippen LogP contribution >= 0.6 is 23.2 Å². The molecular weight excluding hydrogens is 886 g/mol. The number of amides is 4. The Morgan fingerprint density at radius 3 is 1.98 bits per heavy atom. The Labute approximate surface area is 353 Å². The predicted molar refractivity (Wildman–Crippen MR) is 200 cm³/mol. The van der Waals surface area contributed by atoms with Gasteiger partial charge in [-0.15, -0.1) is 0 Å². The lowest BCUT2D eigenvalue weighted by Crippen LogP contribution is -2.53. The van der Waals surface area contributed by atoms with Crippen molar-refractivity contribution in [2.45, 2.75) is 42.7 Å². The molecule has 0 spiro atoms. The summed E-state index contributed by atoms with van der Waals surface area (Å²) in [7, 11) is 1.26. The zero-order chi connectivity index (χ0) is 45.0. The van der Waals surface area contributed by atoms with E-state index in [1.807, 2.05) is 0 Å². The summed E-state index contributed by atoms with van der Waals surface area (Å²) in [5.41, 5.74) is -4.75. The summed E-state index contributed by atoms with van der Waals surface area (Å²) in [6, 6.07) is 10.7. The summed E-state index contributed by atoms with van der Waals surface area (Å²) >= 11 is 12.5. The third-order valence-corrected chi connectivity index (χ3v) is 12.5. The molecule has 4 amide bonds. The molecule has 6 atom stereocenters. The first-order valence-corrected chi connectivity index (χ1v) is 19.1. The highest BCUT2D eigenvalue weighted by atomic mass is 35.5. The molecule has 0 unspecified atom stereocenters. The van der Waals surface area contributed by atoms with E-state index in [9.17, 15) is 59.0 Å². The Bertz CT molecular complexity index is 2570. The maximum Gasteiger partial charge on any atom is 0.417 e. The van der Waals surface area contributed by atoms with Crippen LogP contribution < -0.4 is 15.1 Å². The van der Waals surface area contributed by atoms with Crippen LogP contribution in [0.2, 0.25) is 10.0 Å². The number of phenols is 1. The van der Waals surface area contributed by atoms with Gasteiger partial charge in [-0.1, -0.05) is 53.1 Å². The van der Waals surface area contributed by atoms with Crippen molar-refractivity contribution in [1.82, 2.24) is 9.99 Å². The number of aromatic nitrogens is 1. The number of methoxy groups -OCH3 is 1. The van der Waals surface area contributed by atoms with Crippen molar-refractivity contribution in [3.8, 4) is 11.5 Å². The molecule has 4 aliphatic rings. The number of rotatable bonds is 6. The highest BCUT2D eigenvalue weighted by Crippen LogP contribution is 2.64. The molecule has 3 aromatic carbocycles. The largest absolute Gasteiger partial charge is 0.504 e. The van der Waals surface area contributed by atoms with Crippen LogP contribution in [0.5, 0.6) is 11.5 Å². The van der Waals surface area contributed by atoms with Gasteiger partial charge in [0.1, 0.15) is 0 Å². The maximum absolute atomic E-state index is 15.3. The molecule has 2 N–H and O–H groups in total. The third kappa shape index (κ3) is 6.70. The second-order valence-corrected chi connectivity index (χ2v) is 16.0. The van der Waals surface area contributed by atoms with Crippen molar-refractivity contribution < 1.29 is 68.5 Å². The van der Waals surface area contributed by atoms with E-state index in [1.165, 1.54) is 55.7 Å². The molecule has 2 saturated heterocycles. The van der Waals surface area contributed by atoms with E-state index in [0.717, 1.165) is 0 Å². The minimum absolute atomic E-state index is 0.0115. The number of pyridine rings is 1. The summed E-state index contributed by atoms with van der Waals surface area (Å²) in [5, 5.41) is 11.2. The number of hydrogen-bond acceptors (Lipinski definition) is 8. The van der Waals surface area contributed by atoms with Crippen molar-refractivity contribution in [2.75, 3.05) is 17.4 Å². The molecule has 1 saturated carbocycles. The van der Waals surface area contributed by atoms with Crippen molar-refractivity contribution in [1.29, 1.82) is 0 Å². The van der Waals surface area contributed by atoms with Crippen LogP contribution in [-0.2, 0) is 43.1 Å². The SMILES string of the molecule is COc1ccc([C@H]2C3=CC[C@@H]4C(=O)N(c5cc(C(F)(F)F)cc(C(F)(F)F)c5)C(=O)[C@@H]4[C@@H]3C[C@H]3C(=O)N(Nc4ncc(C(F)(F)F)cc4Cl)C(=O)[C@@]23c2ccc(Cl)cc2)cc1O. The number of phenolic OH excluding ortho intramolecular Hbond substituents is 1. The second-order valence-electron chi connectivity index (χ2n) is 15.1. The van der Waals surface area contributed by atoms with E-state index in [1.54, 1.807) is 0 Å².